The number of thiazole rings is 1. The fourth-order valence-electron chi connectivity index (χ4n) is 1.65. The molecule has 2 aromatic rings. The highest BCUT2D eigenvalue weighted by molar-refractivity contribution is 7.09. The van der Waals surface area contributed by atoms with Crippen LogP contribution in [-0.2, 0) is 22.4 Å². The first-order valence-corrected chi connectivity index (χ1v) is 6.88. The highest BCUT2D eigenvalue weighted by Crippen LogP contribution is 2.15. The standard InChI is InChI=1S/C14H14FNO2S/c1-2-18-14(17)8-12-9-19-13(16-12)7-10-3-5-11(15)6-4-10/h3-6,9H,2,7-8H2,1H3. The van der Waals surface area contributed by atoms with Crippen LogP contribution in [-0.4, -0.2) is 17.6 Å². The second-order valence-electron chi connectivity index (χ2n) is 4.02. The molecule has 0 amide bonds. The van der Waals surface area contributed by atoms with Gasteiger partial charge in [-0.1, -0.05) is 12.1 Å². The van der Waals surface area contributed by atoms with Crippen LogP contribution in [0, 0.1) is 5.82 Å². The van der Waals surface area contributed by atoms with Gasteiger partial charge in [0.05, 0.1) is 23.7 Å². The number of rotatable bonds is 5. The predicted octanol–water partition coefficient (Wildman–Crippen LogP) is 2.98. The number of carbonyl (C=O) groups is 1. The van der Waals surface area contributed by atoms with Crippen molar-refractivity contribution in [3.8, 4) is 0 Å². The lowest BCUT2D eigenvalue weighted by Gasteiger charge is -1.99. The lowest BCUT2D eigenvalue weighted by molar-refractivity contribution is -0.142. The van der Waals surface area contributed by atoms with Gasteiger partial charge in [-0.3, -0.25) is 4.79 Å². The van der Waals surface area contributed by atoms with Crippen LogP contribution in [0.15, 0.2) is 29.6 Å². The summed E-state index contributed by atoms with van der Waals surface area (Å²) in [6.07, 6.45) is 0.849. The van der Waals surface area contributed by atoms with Crippen LogP contribution >= 0.6 is 11.3 Å². The summed E-state index contributed by atoms with van der Waals surface area (Å²) in [5, 5.41) is 2.77. The summed E-state index contributed by atoms with van der Waals surface area (Å²) < 4.78 is 17.7. The molecular weight excluding hydrogens is 265 g/mol. The molecule has 0 spiro atoms. The van der Waals surface area contributed by atoms with E-state index in [-0.39, 0.29) is 18.2 Å². The first kappa shape index (κ1) is 13.7. The molecular formula is C14H14FNO2S. The van der Waals surface area contributed by atoms with Crippen molar-refractivity contribution in [1.29, 1.82) is 0 Å². The summed E-state index contributed by atoms with van der Waals surface area (Å²) in [7, 11) is 0. The van der Waals surface area contributed by atoms with E-state index in [1.807, 2.05) is 5.38 Å². The van der Waals surface area contributed by atoms with E-state index in [0.29, 0.717) is 13.0 Å². The number of ether oxygens (including phenoxy) is 1. The molecule has 1 aromatic carbocycles. The quantitative estimate of drug-likeness (QED) is 0.790. The molecule has 5 heteroatoms. The maximum absolute atomic E-state index is 12.8. The van der Waals surface area contributed by atoms with Gasteiger partial charge < -0.3 is 4.74 Å². The van der Waals surface area contributed by atoms with E-state index in [4.69, 9.17) is 4.74 Å². The summed E-state index contributed by atoms with van der Waals surface area (Å²) in [5.74, 6) is -0.507. The fourth-order valence-corrected chi connectivity index (χ4v) is 2.48. The van der Waals surface area contributed by atoms with Crippen molar-refractivity contribution >= 4 is 17.3 Å². The van der Waals surface area contributed by atoms with Crippen LogP contribution in [0.4, 0.5) is 4.39 Å². The van der Waals surface area contributed by atoms with Crippen molar-refractivity contribution in [3.05, 3.63) is 51.7 Å². The number of halogens is 1. The van der Waals surface area contributed by atoms with Gasteiger partial charge in [0.2, 0.25) is 0 Å². The summed E-state index contributed by atoms with van der Waals surface area (Å²) in [6.45, 7) is 2.16. The van der Waals surface area contributed by atoms with E-state index < -0.39 is 0 Å². The monoisotopic (exact) mass is 279 g/mol. The Kier molecular flexibility index (Phi) is 4.63. The Morgan fingerprint density at radius 3 is 2.79 bits per heavy atom. The molecule has 0 aliphatic carbocycles. The third-order valence-electron chi connectivity index (χ3n) is 2.50. The molecule has 100 valence electrons. The number of nitrogens with zero attached hydrogens (tertiary/aromatic N) is 1. The van der Waals surface area contributed by atoms with Gasteiger partial charge in [0.25, 0.3) is 0 Å². The average Bonchev–Trinajstić information content (AvgIpc) is 2.80. The lowest BCUT2D eigenvalue weighted by Crippen LogP contribution is -2.07. The van der Waals surface area contributed by atoms with Gasteiger partial charge in [-0.15, -0.1) is 11.3 Å². The van der Waals surface area contributed by atoms with Crippen LogP contribution < -0.4 is 0 Å². The van der Waals surface area contributed by atoms with Crippen LogP contribution in [0.25, 0.3) is 0 Å². The maximum Gasteiger partial charge on any atom is 0.311 e. The molecule has 0 fully saturated rings. The minimum Gasteiger partial charge on any atom is -0.466 e. The van der Waals surface area contributed by atoms with Crippen molar-refractivity contribution in [2.75, 3.05) is 6.61 Å². The summed E-state index contributed by atoms with van der Waals surface area (Å²) in [5.41, 5.74) is 1.72. The molecule has 0 N–H and O–H groups in total. The normalized spacial score (nSPS) is 10.4. The largest absolute Gasteiger partial charge is 0.466 e. The van der Waals surface area contributed by atoms with Gasteiger partial charge in [-0.2, -0.15) is 0 Å². The molecule has 0 saturated carbocycles. The number of esters is 1. The van der Waals surface area contributed by atoms with Crippen LogP contribution in [0.5, 0.6) is 0 Å². The van der Waals surface area contributed by atoms with Crippen molar-refractivity contribution in [3.63, 3.8) is 0 Å². The van der Waals surface area contributed by atoms with Crippen LogP contribution in [0.3, 0.4) is 0 Å². The van der Waals surface area contributed by atoms with Gasteiger partial charge in [0.15, 0.2) is 0 Å². The van der Waals surface area contributed by atoms with Crippen molar-refractivity contribution in [2.45, 2.75) is 19.8 Å². The summed E-state index contributed by atoms with van der Waals surface area (Å²) >= 11 is 1.50. The van der Waals surface area contributed by atoms with E-state index >= 15 is 0 Å². The zero-order chi connectivity index (χ0) is 13.7. The number of aromatic nitrogens is 1. The minimum atomic E-state index is -0.263. The van der Waals surface area contributed by atoms with Crippen LogP contribution in [0.1, 0.15) is 23.2 Å². The first-order chi connectivity index (χ1) is 9.17. The molecule has 1 heterocycles. The van der Waals surface area contributed by atoms with Gasteiger partial charge >= 0.3 is 5.97 Å². The zero-order valence-electron chi connectivity index (χ0n) is 10.6. The molecule has 0 bridgehead atoms. The SMILES string of the molecule is CCOC(=O)Cc1csc(Cc2ccc(F)cc2)n1. The summed E-state index contributed by atoms with van der Waals surface area (Å²) in [6, 6.07) is 6.34. The number of carbonyl (C=O) groups excluding carboxylic acids is 1. The van der Waals surface area contributed by atoms with E-state index in [9.17, 15) is 9.18 Å². The molecule has 0 atom stereocenters. The van der Waals surface area contributed by atoms with Crippen molar-refractivity contribution in [1.82, 2.24) is 4.98 Å². The minimum absolute atomic E-state index is 0.202. The molecule has 0 radical (unpaired) electrons. The van der Waals surface area contributed by atoms with Gasteiger partial charge in [-0.25, -0.2) is 9.37 Å². The Bertz CT molecular complexity index is 551. The van der Waals surface area contributed by atoms with Crippen molar-refractivity contribution < 1.29 is 13.9 Å². The number of hydrogen-bond acceptors (Lipinski definition) is 4. The maximum atomic E-state index is 12.8. The molecule has 2 rings (SSSR count). The predicted molar refractivity (Wildman–Crippen MR) is 71.7 cm³/mol. The Morgan fingerprint density at radius 2 is 2.11 bits per heavy atom. The summed E-state index contributed by atoms with van der Waals surface area (Å²) in [4.78, 5) is 15.7. The topological polar surface area (TPSA) is 39.2 Å². The number of benzene rings is 1. The third kappa shape index (κ3) is 4.13. The molecule has 0 aliphatic rings. The van der Waals surface area contributed by atoms with Crippen LogP contribution in [0.2, 0.25) is 0 Å². The molecule has 3 nitrogen and oxygen atoms in total. The van der Waals surface area contributed by atoms with E-state index in [1.54, 1.807) is 19.1 Å². The smallest absolute Gasteiger partial charge is 0.311 e. The molecule has 19 heavy (non-hydrogen) atoms. The van der Waals surface area contributed by atoms with E-state index in [2.05, 4.69) is 4.98 Å². The van der Waals surface area contributed by atoms with Gasteiger partial charge in [0.1, 0.15) is 5.82 Å². The highest BCUT2D eigenvalue weighted by atomic mass is 32.1. The van der Waals surface area contributed by atoms with Gasteiger partial charge in [0, 0.05) is 11.8 Å². The second kappa shape index (κ2) is 6.43. The highest BCUT2D eigenvalue weighted by Gasteiger charge is 2.08. The first-order valence-electron chi connectivity index (χ1n) is 6.00. The number of hydrogen-bond donors (Lipinski definition) is 0. The Balaban J connectivity index is 1.97. The molecule has 1 aromatic heterocycles. The van der Waals surface area contributed by atoms with Gasteiger partial charge in [-0.05, 0) is 24.6 Å². The Morgan fingerprint density at radius 1 is 1.37 bits per heavy atom. The molecule has 0 saturated heterocycles. The molecule has 0 unspecified atom stereocenters. The Hall–Kier alpha value is -1.75. The lowest BCUT2D eigenvalue weighted by atomic mass is 10.1. The zero-order valence-corrected chi connectivity index (χ0v) is 11.4. The second-order valence-corrected chi connectivity index (χ2v) is 4.96. The van der Waals surface area contributed by atoms with E-state index in [1.165, 1.54) is 23.5 Å². The van der Waals surface area contributed by atoms with Crippen molar-refractivity contribution in [2.24, 2.45) is 0 Å². The average molecular weight is 279 g/mol. The molecule has 0 aliphatic heterocycles. The Labute approximate surface area is 115 Å². The third-order valence-corrected chi connectivity index (χ3v) is 3.40. The van der Waals surface area contributed by atoms with E-state index in [0.717, 1.165) is 16.3 Å². The fraction of sp³-hybridized carbons (Fsp3) is 0.286.